The highest BCUT2D eigenvalue weighted by Gasteiger charge is 2.30. The number of nitro groups is 1. The molecule has 3 aromatic carbocycles. The third-order valence-electron chi connectivity index (χ3n) is 4.76. The van der Waals surface area contributed by atoms with Gasteiger partial charge in [0.15, 0.2) is 0 Å². The number of halogens is 3. The largest absolute Gasteiger partial charge is 0.416 e. The number of alkyl halides is 3. The van der Waals surface area contributed by atoms with Gasteiger partial charge in [0.05, 0.1) is 27.1 Å². The van der Waals surface area contributed by atoms with Crippen LogP contribution in [0.3, 0.4) is 0 Å². The molecular formula is C23H14F3N3O3. The zero-order chi connectivity index (χ0) is 22.9. The van der Waals surface area contributed by atoms with Gasteiger partial charge in [0.2, 0.25) is 0 Å². The van der Waals surface area contributed by atoms with E-state index in [1.54, 1.807) is 30.3 Å². The van der Waals surface area contributed by atoms with Crippen molar-refractivity contribution in [2.45, 2.75) is 6.18 Å². The molecule has 0 saturated heterocycles. The fourth-order valence-corrected chi connectivity index (χ4v) is 3.21. The number of hydrogen-bond acceptors (Lipinski definition) is 4. The zero-order valence-electron chi connectivity index (χ0n) is 16.3. The first-order valence-electron chi connectivity index (χ1n) is 9.36. The highest BCUT2D eigenvalue weighted by molar-refractivity contribution is 5.80. The lowest BCUT2D eigenvalue weighted by molar-refractivity contribution is -0.384. The molecular weight excluding hydrogens is 423 g/mol. The van der Waals surface area contributed by atoms with Crippen LogP contribution >= 0.6 is 0 Å². The highest BCUT2D eigenvalue weighted by Crippen LogP contribution is 2.30. The van der Waals surface area contributed by atoms with Gasteiger partial charge in [-0.3, -0.25) is 19.5 Å². The van der Waals surface area contributed by atoms with Gasteiger partial charge in [0, 0.05) is 12.1 Å². The maximum atomic E-state index is 13.2. The van der Waals surface area contributed by atoms with Crippen molar-refractivity contribution in [1.82, 2.24) is 9.55 Å². The maximum absolute atomic E-state index is 13.2. The van der Waals surface area contributed by atoms with Gasteiger partial charge in [-0.05, 0) is 54.1 Å². The summed E-state index contributed by atoms with van der Waals surface area (Å²) in [5.41, 5.74) is -0.477. The number of hydrogen-bond donors (Lipinski definition) is 0. The monoisotopic (exact) mass is 437 g/mol. The minimum absolute atomic E-state index is 0.0198. The van der Waals surface area contributed by atoms with Gasteiger partial charge in [-0.15, -0.1) is 0 Å². The maximum Gasteiger partial charge on any atom is 0.416 e. The average Bonchev–Trinajstić information content (AvgIpc) is 2.77. The Morgan fingerprint density at radius 2 is 1.66 bits per heavy atom. The zero-order valence-corrected chi connectivity index (χ0v) is 16.3. The second-order valence-corrected chi connectivity index (χ2v) is 6.86. The topological polar surface area (TPSA) is 78.0 Å². The molecule has 1 aromatic heterocycles. The van der Waals surface area contributed by atoms with Gasteiger partial charge < -0.3 is 0 Å². The van der Waals surface area contributed by atoms with Crippen molar-refractivity contribution >= 4 is 28.7 Å². The van der Waals surface area contributed by atoms with Gasteiger partial charge in [-0.1, -0.05) is 24.3 Å². The highest BCUT2D eigenvalue weighted by atomic mass is 19.4. The molecule has 0 atom stereocenters. The van der Waals surface area contributed by atoms with E-state index in [1.807, 2.05) is 0 Å². The van der Waals surface area contributed by atoms with Crippen molar-refractivity contribution in [3.05, 3.63) is 110 Å². The number of rotatable bonds is 4. The molecule has 32 heavy (non-hydrogen) atoms. The lowest BCUT2D eigenvalue weighted by Crippen LogP contribution is -2.22. The predicted octanol–water partition coefficient (Wildman–Crippen LogP) is 5.48. The van der Waals surface area contributed by atoms with E-state index in [0.717, 1.165) is 16.7 Å². The Morgan fingerprint density at radius 1 is 0.938 bits per heavy atom. The quantitative estimate of drug-likeness (QED) is 0.313. The van der Waals surface area contributed by atoms with Crippen LogP contribution in [-0.2, 0) is 6.18 Å². The molecule has 0 fully saturated rings. The van der Waals surface area contributed by atoms with Crippen LogP contribution in [0.5, 0.6) is 0 Å². The third-order valence-corrected chi connectivity index (χ3v) is 4.76. The van der Waals surface area contributed by atoms with E-state index >= 15 is 0 Å². The Bertz CT molecular complexity index is 1410. The molecule has 0 unspecified atom stereocenters. The van der Waals surface area contributed by atoms with Crippen LogP contribution in [0.2, 0.25) is 0 Å². The molecule has 1 heterocycles. The van der Waals surface area contributed by atoms with E-state index < -0.39 is 22.2 Å². The molecule has 9 heteroatoms. The van der Waals surface area contributed by atoms with E-state index in [9.17, 15) is 28.1 Å². The molecule has 0 saturated carbocycles. The fraction of sp³-hybridized carbons (Fsp3) is 0.0435. The summed E-state index contributed by atoms with van der Waals surface area (Å²) in [6.45, 7) is 0. The summed E-state index contributed by atoms with van der Waals surface area (Å²) >= 11 is 0. The Balaban J connectivity index is 1.88. The fourth-order valence-electron chi connectivity index (χ4n) is 3.21. The summed E-state index contributed by atoms with van der Waals surface area (Å²) in [6.07, 6.45) is -1.52. The van der Waals surface area contributed by atoms with Gasteiger partial charge in [0.1, 0.15) is 5.82 Å². The Hall–Kier alpha value is -4.27. The molecule has 0 amide bonds. The van der Waals surface area contributed by atoms with Crippen molar-refractivity contribution in [1.29, 1.82) is 0 Å². The first-order chi connectivity index (χ1) is 15.2. The molecule has 0 spiro atoms. The van der Waals surface area contributed by atoms with E-state index in [-0.39, 0.29) is 22.6 Å². The average molecular weight is 437 g/mol. The number of benzene rings is 3. The molecule has 0 radical (unpaired) electrons. The first-order valence-corrected chi connectivity index (χ1v) is 9.36. The lowest BCUT2D eigenvalue weighted by Gasteiger charge is -2.13. The number of nitro benzene ring substituents is 1. The molecule has 0 aliphatic carbocycles. The molecule has 0 aliphatic heterocycles. The van der Waals surface area contributed by atoms with Crippen LogP contribution in [-0.4, -0.2) is 14.5 Å². The van der Waals surface area contributed by atoms with Crippen molar-refractivity contribution in [3.8, 4) is 5.69 Å². The van der Waals surface area contributed by atoms with Gasteiger partial charge >= 0.3 is 6.18 Å². The third kappa shape index (κ3) is 4.13. The summed E-state index contributed by atoms with van der Waals surface area (Å²) in [7, 11) is 0. The van der Waals surface area contributed by atoms with Gasteiger partial charge in [0.25, 0.3) is 11.2 Å². The van der Waals surface area contributed by atoms with Crippen molar-refractivity contribution in [3.63, 3.8) is 0 Å². The molecule has 6 nitrogen and oxygen atoms in total. The summed E-state index contributed by atoms with van der Waals surface area (Å²) in [5, 5.41) is 11.1. The van der Waals surface area contributed by atoms with Crippen LogP contribution in [0.15, 0.2) is 77.6 Å². The molecule has 160 valence electrons. The Labute approximate surface area is 179 Å². The summed E-state index contributed by atoms with van der Waals surface area (Å²) in [4.78, 5) is 27.9. The molecule has 4 aromatic rings. The SMILES string of the molecule is O=c1c2ccccc2nc(C=Cc2ccc([N+](=O)[O-])cc2)n1-c1cccc(C(F)(F)F)c1. The minimum Gasteiger partial charge on any atom is -0.268 e. The number of para-hydroxylation sites is 1. The van der Waals surface area contributed by atoms with Crippen LogP contribution in [0.4, 0.5) is 18.9 Å². The van der Waals surface area contributed by atoms with Gasteiger partial charge in [-0.2, -0.15) is 13.2 Å². The van der Waals surface area contributed by atoms with Gasteiger partial charge in [-0.25, -0.2) is 4.98 Å². The molecule has 0 N–H and O–H groups in total. The number of non-ortho nitro benzene ring substituents is 1. The van der Waals surface area contributed by atoms with E-state index in [2.05, 4.69) is 4.98 Å². The minimum atomic E-state index is -4.57. The molecule has 0 aliphatic rings. The van der Waals surface area contributed by atoms with Crippen molar-refractivity contribution in [2.75, 3.05) is 0 Å². The summed E-state index contributed by atoms with van der Waals surface area (Å²) < 4.78 is 40.8. The lowest BCUT2D eigenvalue weighted by atomic mass is 10.1. The Morgan fingerprint density at radius 3 is 2.34 bits per heavy atom. The van der Waals surface area contributed by atoms with Crippen LogP contribution in [0.1, 0.15) is 17.0 Å². The standard InChI is InChI=1S/C23H14F3N3O3/c24-23(25,26)16-4-3-5-18(14-16)28-21(27-20-7-2-1-6-19(20)22(28)30)13-10-15-8-11-17(12-9-15)29(31)32/h1-14H. The number of aromatic nitrogens is 2. The van der Waals surface area contributed by atoms with Crippen LogP contribution in [0.25, 0.3) is 28.7 Å². The molecule has 4 rings (SSSR count). The first kappa shape index (κ1) is 21.0. The van der Waals surface area contributed by atoms with E-state index in [1.165, 1.54) is 42.5 Å². The van der Waals surface area contributed by atoms with Crippen molar-refractivity contribution < 1.29 is 18.1 Å². The second kappa shape index (κ2) is 8.10. The Kier molecular flexibility index (Phi) is 5.31. The number of nitrogens with zero attached hydrogens (tertiary/aromatic N) is 3. The summed E-state index contributed by atoms with van der Waals surface area (Å²) in [6, 6.07) is 16.7. The summed E-state index contributed by atoms with van der Waals surface area (Å²) in [5.74, 6) is 0.117. The second-order valence-electron chi connectivity index (χ2n) is 6.86. The normalized spacial score (nSPS) is 11.8. The van der Waals surface area contributed by atoms with Crippen LogP contribution in [0, 0.1) is 10.1 Å². The smallest absolute Gasteiger partial charge is 0.268 e. The number of fused-ring (bicyclic) bond motifs is 1. The van der Waals surface area contributed by atoms with E-state index in [4.69, 9.17) is 0 Å². The molecule has 0 bridgehead atoms. The predicted molar refractivity (Wildman–Crippen MR) is 114 cm³/mol. The van der Waals surface area contributed by atoms with E-state index in [0.29, 0.717) is 11.1 Å². The van der Waals surface area contributed by atoms with Crippen LogP contribution < -0.4 is 5.56 Å². The van der Waals surface area contributed by atoms with Crippen molar-refractivity contribution in [2.24, 2.45) is 0 Å².